The number of Topliss-reactive ketones (excluding diaryl/α,β-unsaturated/α-hetero) is 1. The summed E-state index contributed by atoms with van der Waals surface area (Å²) in [6, 6.07) is 14.9. The molecule has 4 heterocycles. The van der Waals surface area contributed by atoms with Gasteiger partial charge < -0.3 is 39.2 Å². The molecule has 0 amide bonds. The van der Waals surface area contributed by atoms with E-state index < -0.39 is 108 Å². The highest BCUT2D eigenvalue weighted by Crippen LogP contribution is 2.43. The van der Waals surface area contributed by atoms with Crippen LogP contribution in [0, 0.1) is 65.0 Å². The molecule has 0 radical (unpaired) electrons. The van der Waals surface area contributed by atoms with Gasteiger partial charge in [0.05, 0.1) is 43.2 Å². The number of alkyl halides is 6. The number of benzene rings is 4. The lowest BCUT2D eigenvalue weighted by atomic mass is 9.83. The number of aromatic nitrogens is 2. The fraction of sp³-hybridized carbons (Fsp3) is 0.493. The van der Waals surface area contributed by atoms with Crippen LogP contribution >= 0.6 is 13.5 Å². The topological polar surface area (TPSA) is 183 Å². The lowest BCUT2D eigenvalue weighted by Crippen LogP contribution is -2.38. The molecule has 2 aliphatic heterocycles. The SMILES string of the molecule is CCOC(=O)C[C@H](CC(=O)C(CC(C)C)n1cc(CCN2CCC2)c(C)cc1=O)c1cc(-c2c(C)cccc2C)cc(C(F)(F)F)c1F.CCOC(=O)C[C@H](N)c1cc(-c2c(C)cccc2C)cc(C(F)(F)F)c1F.Cc1cc(=O)n(C(CC(C)C)C(=O)O)cc1CCN1CCC1.S. The smallest absolute Gasteiger partial charge is 0.419 e. The molecule has 4 atom stereocenters. The lowest BCUT2D eigenvalue weighted by molar-refractivity contribution is -0.144. The fourth-order valence-corrected chi connectivity index (χ4v) is 12.5. The minimum Gasteiger partial charge on any atom is -0.480 e. The van der Waals surface area contributed by atoms with E-state index in [1.807, 2.05) is 41.5 Å². The van der Waals surface area contributed by atoms with Crippen LogP contribution < -0.4 is 16.9 Å². The summed E-state index contributed by atoms with van der Waals surface area (Å²) in [4.78, 5) is 80.5. The summed E-state index contributed by atoms with van der Waals surface area (Å²) in [6.45, 7) is 28.0. The highest BCUT2D eigenvalue weighted by Gasteiger charge is 2.40. The molecule has 2 saturated heterocycles. The molecular weight excluding hydrogens is 1300 g/mol. The molecule has 536 valence electrons. The Morgan fingerprint density at radius 1 is 0.551 bits per heavy atom. The van der Waals surface area contributed by atoms with Crippen LogP contribution in [0.4, 0.5) is 35.1 Å². The third kappa shape index (κ3) is 21.8. The van der Waals surface area contributed by atoms with Gasteiger partial charge in [0, 0.05) is 61.6 Å². The Morgan fingerprint density at radius 3 is 1.30 bits per heavy atom. The first-order valence-electron chi connectivity index (χ1n) is 33.2. The third-order valence-electron chi connectivity index (χ3n) is 17.9. The van der Waals surface area contributed by atoms with E-state index in [0.717, 1.165) is 97.6 Å². The number of esters is 2. The largest absolute Gasteiger partial charge is 0.480 e. The molecule has 0 aliphatic carbocycles. The summed E-state index contributed by atoms with van der Waals surface area (Å²) >= 11 is 0. The molecule has 3 N–H and O–H groups in total. The molecule has 23 heteroatoms. The molecule has 0 saturated carbocycles. The van der Waals surface area contributed by atoms with Gasteiger partial charge in [-0.1, -0.05) is 64.1 Å². The molecular formula is C75H95F8N5O9S. The Labute approximate surface area is 576 Å². The maximum absolute atomic E-state index is 16.0. The van der Waals surface area contributed by atoms with Crippen molar-refractivity contribution in [1.29, 1.82) is 0 Å². The molecule has 2 unspecified atom stereocenters. The minimum atomic E-state index is -5.04. The van der Waals surface area contributed by atoms with Gasteiger partial charge in [-0.05, 0) is 229 Å². The number of carbonyl (C=O) groups is 4. The van der Waals surface area contributed by atoms with E-state index in [9.17, 15) is 64.6 Å². The first-order valence-corrected chi connectivity index (χ1v) is 33.2. The van der Waals surface area contributed by atoms with Crippen molar-refractivity contribution in [2.45, 2.75) is 177 Å². The average Bonchev–Trinajstić information content (AvgIpc) is 0.781. The number of ketones is 1. The molecule has 8 rings (SSSR count). The maximum atomic E-state index is 16.0. The number of carboxylic acid groups (broad SMARTS) is 1. The Hall–Kier alpha value is -7.47. The molecule has 2 fully saturated rings. The summed E-state index contributed by atoms with van der Waals surface area (Å²) in [7, 11) is 0. The number of carboxylic acids is 1. The zero-order chi connectivity index (χ0) is 72.0. The van der Waals surface area contributed by atoms with Gasteiger partial charge >= 0.3 is 30.3 Å². The summed E-state index contributed by atoms with van der Waals surface area (Å²) in [5.74, 6) is -6.94. The quantitative estimate of drug-likeness (QED) is 0.0388. The summed E-state index contributed by atoms with van der Waals surface area (Å²) in [5.41, 5.74) is 9.71. The number of ether oxygens (including phenoxy) is 2. The summed E-state index contributed by atoms with van der Waals surface area (Å²) < 4.78 is 127. The number of likely N-dealkylation sites (tertiary alicyclic amines) is 2. The van der Waals surface area contributed by atoms with E-state index >= 15 is 4.39 Å². The van der Waals surface area contributed by atoms with Gasteiger partial charge in [0.1, 0.15) is 17.7 Å². The second kappa shape index (κ2) is 36.0. The van der Waals surface area contributed by atoms with Crippen molar-refractivity contribution in [3.05, 3.63) is 184 Å². The van der Waals surface area contributed by atoms with E-state index in [1.165, 1.54) is 33.8 Å². The van der Waals surface area contributed by atoms with Crippen LogP contribution in [0.2, 0.25) is 0 Å². The van der Waals surface area contributed by atoms with Crippen molar-refractivity contribution in [2.24, 2.45) is 17.6 Å². The van der Waals surface area contributed by atoms with Crippen LogP contribution in [0.25, 0.3) is 22.3 Å². The second-order valence-corrected chi connectivity index (χ2v) is 26.3. The monoisotopic (exact) mass is 1390 g/mol. The number of halogens is 8. The highest BCUT2D eigenvalue weighted by molar-refractivity contribution is 7.59. The van der Waals surface area contributed by atoms with Crippen LogP contribution in [-0.4, -0.2) is 100 Å². The van der Waals surface area contributed by atoms with Gasteiger partial charge in [-0.15, -0.1) is 0 Å². The molecule has 6 aromatic rings. The van der Waals surface area contributed by atoms with E-state index in [-0.39, 0.29) is 72.8 Å². The van der Waals surface area contributed by atoms with E-state index in [1.54, 1.807) is 96.4 Å². The predicted molar refractivity (Wildman–Crippen MR) is 370 cm³/mol. The molecule has 0 spiro atoms. The molecule has 0 bridgehead atoms. The number of nitrogens with zero attached hydrogens (tertiary/aromatic N) is 4. The van der Waals surface area contributed by atoms with Gasteiger partial charge in [-0.25, -0.2) is 13.6 Å². The number of carbonyl (C=O) groups excluding carboxylic acids is 3. The average molecular weight is 1390 g/mol. The Morgan fingerprint density at radius 2 is 0.929 bits per heavy atom. The van der Waals surface area contributed by atoms with Crippen LogP contribution in [0.3, 0.4) is 0 Å². The van der Waals surface area contributed by atoms with Gasteiger partial charge in [-0.3, -0.25) is 24.0 Å². The molecule has 98 heavy (non-hydrogen) atoms. The highest BCUT2D eigenvalue weighted by atomic mass is 32.1. The maximum Gasteiger partial charge on any atom is 0.419 e. The summed E-state index contributed by atoms with van der Waals surface area (Å²) in [6.07, 6.45) is -3.15. The molecule has 4 aromatic carbocycles. The van der Waals surface area contributed by atoms with Crippen molar-refractivity contribution in [1.82, 2.24) is 18.9 Å². The van der Waals surface area contributed by atoms with Crippen molar-refractivity contribution in [2.75, 3.05) is 52.5 Å². The molecule has 14 nitrogen and oxygen atoms in total. The van der Waals surface area contributed by atoms with Crippen molar-refractivity contribution in [3.8, 4) is 22.3 Å². The van der Waals surface area contributed by atoms with Gasteiger partial charge in [0.2, 0.25) is 0 Å². The number of rotatable bonds is 26. The van der Waals surface area contributed by atoms with Gasteiger partial charge in [0.25, 0.3) is 11.1 Å². The molecule has 2 aliphatic rings. The van der Waals surface area contributed by atoms with Gasteiger partial charge in [-0.2, -0.15) is 39.8 Å². The van der Waals surface area contributed by atoms with Crippen molar-refractivity contribution < 1.29 is 68.9 Å². The summed E-state index contributed by atoms with van der Waals surface area (Å²) in [5, 5.41) is 9.46. The number of hydrogen-bond acceptors (Lipinski definition) is 11. The zero-order valence-corrected chi connectivity index (χ0v) is 59.2. The van der Waals surface area contributed by atoms with Crippen molar-refractivity contribution in [3.63, 3.8) is 0 Å². The third-order valence-corrected chi connectivity index (χ3v) is 17.9. The molecule has 2 aromatic heterocycles. The van der Waals surface area contributed by atoms with E-state index in [2.05, 4.69) is 9.80 Å². The standard InChI is InChI=1S/C38H46F4N2O4.C20H21F4NO2.C17H26N2O3.H2S/c1-7-48-35(47)21-28(30-18-29(19-31(37(30)39)38(40,41)42)36-24(4)10-8-11-25(36)5)20-33(45)32(16-23(2)3)44-22-27(26(6)17-34(44)46)12-15-43-13-9-14-43;1-4-27-17(26)10-16(25)14-8-13(9-15(19(14)21)20(22,23)24)18-11(2)6-5-7-12(18)3;1-12(2)9-15(17(21)22)19-11-14(13(3)10-16(19)20)5-8-18-6-4-7-18;/h8,10-11,17-19,22-23,28,32H,7,9,12-16,20-21H2,1-6H3;5-9,16H,4,10,25H2,1-3H3;10-12,15H,4-9H2,1-3H3,(H,21,22);1H2/t28-,32?;16-;;/m00../s1. The van der Waals surface area contributed by atoms with Crippen LogP contribution in [0.1, 0.15) is 177 Å². The zero-order valence-electron chi connectivity index (χ0n) is 58.2. The number of pyridine rings is 2. The van der Waals surface area contributed by atoms with Crippen LogP contribution in [0.15, 0.2) is 94.8 Å². The normalized spacial score (nSPS) is 14.5. The number of aryl methyl sites for hydroxylation is 6. The first kappa shape index (κ1) is 81.2. The lowest BCUT2D eigenvalue weighted by Gasteiger charge is -2.31. The Bertz CT molecular complexity index is 3840. The van der Waals surface area contributed by atoms with Crippen LogP contribution in [-0.2, 0) is 53.8 Å². The fourth-order valence-electron chi connectivity index (χ4n) is 12.5. The minimum absolute atomic E-state index is 0. The number of nitrogens with two attached hydrogens (primary N) is 1. The van der Waals surface area contributed by atoms with E-state index in [4.69, 9.17) is 15.2 Å². The number of hydrogen-bond donors (Lipinski definition) is 2. The van der Waals surface area contributed by atoms with Crippen molar-refractivity contribution >= 4 is 37.2 Å². The Balaban J connectivity index is 0.000000292. The Kier molecular flexibility index (Phi) is 29.9. The second-order valence-electron chi connectivity index (χ2n) is 26.3. The van der Waals surface area contributed by atoms with Gasteiger partial charge in [0.15, 0.2) is 5.78 Å². The predicted octanol–water partition coefficient (Wildman–Crippen LogP) is 15.4. The van der Waals surface area contributed by atoms with Crippen LogP contribution in [0.5, 0.6) is 0 Å². The van der Waals surface area contributed by atoms with E-state index in [0.29, 0.717) is 35.1 Å². The number of aliphatic carboxylic acids is 1. The first-order chi connectivity index (χ1) is 45.5.